The van der Waals surface area contributed by atoms with Crippen LogP contribution >= 0.6 is 0 Å². The van der Waals surface area contributed by atoms with Gasteiger partial charge in [-0.05, 0) is 64.2 Å². The van der Waals surface area contributed by atoms with Gasteiger partial charge >= 0.3 is 0 Å². The molecule has 0 saturated heterocycles. The van der Waals surface area contributed by atoms with Crippen LogP contribution in [-0.4, -0.2) is 0 Å². The van der Waals surface area contributed by atoms with Crippen LogP contribution in [0.5, 0.6) is 0 Å². The van der Waals surface area contributed by atoms with Crippen LogP contribution in [0.4, 0.5) is 8.78 Å². The van der Waals surface area contributed by atoms with Gasteiger partial charge in [0.05, 0.1) is 0 Å². The van der Waals surface area contributed by atoms with Gasteiger partial charge in [0.15, 0.2) is 11.6 Å². The molecule has 0 atom stereocenters. The SMILES string of the molecule is C=C(CCC=C(C)CCC=C(C)C)c1cc2cc(F)c(F)cc2o1. The van der Waals surface area contributed by atoms with E-state index in [0.29, 0.717) is 16.7 Å². The second kappa shape index (κ2) is 8.09. The summed E-state index contributed by atoms with van der Waals surface area (Å²) in [6.07, 6.45) is 8.20. The van der Waals surface area contributed by atoms with Gasteiger partial charge in [-0.15, -0.1) is 0 Å². The summed E-state index contributed by atoms with van der Waals surface area (Å²) in [6.45, 7) is 10.4. The van der Waals surface area contributed by atoms with E-state index in [9.17, 15) is 8.78 Å². The van der Waals surface area contributed by atoms with E-state index in [2.05, 4.69) is 39.5 Å². The Kier molecular flexibility index (Phi) is 6.13. The Morgan fingerprint density at radius 2 is 1.67 bits per heavy atom. The number of furan rings is 1. The Balaban J connectivity index is 1.94. The van der Waals surface area contributed by atoms with Crippen molar-refractivity contribution < 1.29 is 13.2 Å². The number of benzene rings is 1. The summed E-state index contributed by atoms with van der Waals surface area (Å²) < 4.78 is 32.1. The lowest BCUT2D eigenvalue weighted by Gasteiger charge is -2.02. The molecule has 0 aliphatic rings. The molecule has 1 nitrogen and oxygen atoms in total. The van der Waals surface area contributed by atoms with Crippen molar-refractivity contribution in [1.29, 1.82) is 0 Å². The van der Waals surface area contributed by atoms with Crippen LogP contribution < -0.4 is 0 Å². The summed E-state index contributed by atoms with van der Waals surface area (Å²) >= 11 is 0. The summed E-state index contributed by atoms with van der Waals surface area (Å²) in [6, 6.07) is 3.94. The maximum Gasteiger partial charge on any atom is 0.162 e. The second-order valence-corrected chi connectivity index (χ2v) is 6.43. The van der Waals surface area contributed by atoms with Crippen LogP contribution in [0.25, 0.3) is 16.5 Å². The van der Waals surface area contributed by atoms with Gasteiger partial charge in [-0.1, -0.05) is 29.9 Å². The van der Waals surface area contributed by atoms with E-state index in [1.54, 1.807) is 6.07 Å². The molecule has 0 spiro atoms. The summed E-state index contributed by atoms with van der Waals surface area (Å²) in [5.41, 5.74) is 3.88. The zero-order valence-electron chi connectivity index (χ0n) is 14.6. The molecule has 24 heavy (non-hydrogen) atoms. The van der Waals surface area contributed by atoms with Crippen molar-refractivity contribution in [3.05, 3.63) is 65.5 Å². The van der Waals surface area contributed by atoms with Crippen molar-refractivity contribution in [3.63, 3.8) is 0 Å². The smallest absolute Gasteiger partial charge is 0.162 e. The fourth-order valence-corrected chi connectivity index (χ4v) is 2.52. The minimum absolute atomic E-state index is 0.346. The van der Waals surface area contributed by atoms with Crippen molar-refractivity contribution in [2.45, 2.75) is 46.5 Å². The number of halogens is 2. The van der Waals surface area contributed by atoms with Gasteiger partial charge in [0, 0.05) is 11.5 Å². The van der Waals surface area contributed by atoms with Gasteiger partial charge in [-0.3, -0.25) is 0 Å². The lowest BCUT2D eigenvalue weighted by Crippen LogP contribution is -1.81. The topological polar surface area (TPSA) is 13.1 Å². The third-order valence-corrected chi connectivity index (χ3v) is 3.94. The van der Waals surface area contributed by atoms with Crippen LogP contribution in [0.3, 0.4) is 0 Å². The summed E-state index contributed by atoms with van der Waals surface area (Å²) in [4.78, 5) is 0. The molecule has 1 heterocycles. The highest BCUT2D eigenvalue weighted by Crippen LogP contribution is 2.28. The quantitative estimate of drug-likeness (QED) is 0.489. The summed E-state index contributed by atoms with van der Waals surface area (Å²) in [5.74, 6) is -1.18. The molecule has 0 fully saturated rings. The fraction of sp³-hybridized carbons (Fsp3) is 0.333. The molecule has 1 aromatic carbocycles. The van der Waals surface area contributed by atoms with E-state index in [0.717, 1.165) is 43.4 Å². The van der Waals surface area contributed by atoms with Crippen LogP contribution in [0, 0.1) is 11.6 Å². The molecule has 0 aliphatic carbocycles. The molecule has 0 amide bonds. The minimum atomic E-state index is -0.899. The van der Waals surface area contributed by atoms with Gasteiger partial charge in [0.1, 0.15) is 11.3 Å². The van der Waals surface area contributed by atoms with E-state index in [1.165, 1.54) is 11.1 Å². The zero-order chi connectivity index (χ0) is 17.7. The third-order valence-electron chi connectivity index (χ3n) is 3.94. The molecule has 0 unspecified atom stereocenters. The molecular formula is C21H24F2O. The number of hydrogen-bond donors (Lipinski definition) is 0. The van der Waals surface area contributed by atoms with Gasteiger partial charge in [0.25, 0.3) is 0 Å². The van der Waals surface area contributed by atoms with Crippen molar-refractivity contribution in [3.8, 4) is 0 Å². The standard InChI is InChI=1S/C21H24F2O/c1-14(2)7-5-8-15(3)9-6-10-16(4)20-12-17-11-18(22)19(23)13-21(17)24-20/h7,9,11-13H,4-6,8,10H2,1-3H3. The molecule has 0 saturated carbocycles. The van der Waals surface area contributed by atoms with E-state index >= 15 is 0 Å². The number of allylic oxidation sites excluding steroid dienone is 5. The molecule has 2 aromatic rings. The van der Waals surface area contributed by atoms with Gasteiger partial charge < -0.3 is 4.42 Å². The maximum atomic E-state index is 13.3. The van der Waals surface area contributed by atoms with Crippen molar-refractivity contribution in [1.82, 2.24) is 0 Å². The molecule has 0 N–H and O–H groups in total. The second-order valence-electron chi connectivity index (χ2n) is 6.43. The Morgan fingerprint density at radius 1 is 1.00 bits per heavy atom. The van der Waals surface area contributed by atoms with Gasteiger partial charge in [-0.2, -0.15) is 0 Å². The first kappa shape index (κ1) is 18.2. The average Bonchev–Trinajstić information content (AvgIpc) is 2.90. The summed E-state index contributed by atoms with van der Waals surface area (Å²) in [7, 11) is 0. The van der Waals surface area contributed by atoms with Crippen molar-refractivity contribution >= 4 is 16.5 Å². The highest BCUT2D eigenvalue weighted by molar-refractivity contribution is 5.81. The Bertz CT molecular complexity index is 751. The third kappa shape index (κ3) is 4.92. The predicted octanol–water partition coefficient (Wildman–Crippen LogP) is 7.20. The fourth-order valence-electron chi connectivity index (χ4n) is 2.52. The molecule has 1 aromatic heterocycles. The maximum absolute atomic E-state index is 13.3. The molecule has 0 aliphatic heterocycles. The highest BCUT2D eigenvalue weighted by atomic mass is 19.2. The monoisotopic (exact) mass is 330 g/mol. The zero-order valence-corrected chi connectivity index (χ0v) is 14.6. The van der Waals surface area contributed by atoms with Crippen LogP contribution in [0.15, 0.2) is 52.5 Å². The highest BCUT2D eigenvalue weighted by Gasteiger charge is 2.11. The van der Waals surface area contributed by atoms with Crippen LogP contribution in [0.2, 0.25) is 0 Å². The van der Waals surface area contributed by atoms with Crippen LogP contribution in [0.1, 0.15) is 52.2 Å². The van der Waals surface area contributed by atoms with Crippen molar-refractivity contribution in [2.24, 2.45) is 0 Å². The molecule has 2 rings (SSSR count). The number of rotatable bonds is 7. The Morgan fingerprint density at radius 3 is 2.38 bits per heavy atom. The van der Waals surface area contributed by atoms with Crippen LogP contribution in [-0.2, 0) is 0 Å². The molecular weight excluding hydrogens is 306 g/mol. The molecule has 128 valence electrons. The predicted molar refractivity (Wildman–Crippen MR) is 96.8 cm³/mol. The van der Waals surface area contributed by atoms with E-state index < -0.39 is 11.6 Å². The number of fused-ring (bicyclic) bond motifs is 1. The van der Waals surface area contributed by atoms with E-state index in [4.69, 9.17) is 4.42 Å². The average molecular weight is 330 g/mol. The minimum Gasteiger partial charge on any atom is -0.456 e. The first-order valence-corrected chi connectivity index (χ1v) is 8.22. The first-order chi connectivity index (χ1) is 11.4. The van der Waals surface area contributed by atoms with Gasteiger partial charge in [-0.25, -0.2) is 8.78 Å². The van der Waals surface area contributed by atoms with E-state index in [-0.39, 0.29) is 0 Å². The summed E-state index contributed by atoms with van der Waals surface area (Å²) in [5, 5.41) is 0.554. The van der Waals surface area contributed by atoms with Gasteiger partial charge in [0.2, 0.25) is 0 Å². The largest absolute Gasteiger partial charge is 0.456 e. The lowest BCUT2D eigenvalue weighted by molar-refractivity contribution is 0.506. The molecule has 3 heteroatoms. The number of hydrogen-bond acceptors (Lipinski definition) is 1. The first-order valence-electron chi connectivity index (χ1n) is 8.22. The Labute approximate surface area is 142 Å². The van der Waals surface area contributed by atoms with Crippen molar-refractivity contribution in [2.75, 3.05) is 0 Å². The normalized spacial score (nSPS) is 11.8. The van der Waals surface area contributed by atoms with E-state index in [1.807, 2.05) is 0 Å². The Hall–Kier alpha value is -2.16. The molecule has 0 radical (unpaired) electrons. The molecule has 0 bridgehead atoms. The lowest BCUT2D eigenvalue weighted by atomic mass is 10.1.